The number of carbonyl (C=O) groups is 1. The van der Waals surface area contributed by atoms with Gasteiger partial charge >= 0.3 is 5.97 Å². The van der Waals surface area contributed by atoms with E-state index in [0.29, 0.717) is 34.3 Å². The van der Waals surface area contributed by atoms with E-state index < -0.39 is 21.8 Å². The fourth-order valence-electron chi connectivity index (χ4n) is 4.74. The van der Waals surface area contributed by atoms with E-state index in [0.717, 1.165) is 31.7 Å². The fraction of sp³-hybridized carbons (Fsp3) is 0.435. The number of sulfonamides is 1. The second-order valence-corrected chi connectivity index (χ2v) is 10.8. The lowest BCUT2D eigenvalue weighted by Gasteiger charge is -2.34. The lowest BCUT2D eigenvalue weighted by Crippen LogP contribution is -2.44. The Morgan fingerprint density at radius 1 is 1.19 bits per heavy atom. The van der Waals surface area contributed by atoms with Crippen LogP contribution in [0, 0.1) is 11.7 Å². The molecule has 2 aromatic carbocycles. The predicted molar refractivity (Wildman–Crippen MR) is 122 cm³/mol. The summed E-state index contributed by atoms with van der Waals surface area (Å²) in [5.41, 5.74) is 1.02. The minimum Gasteiger partial charge on any atom is -0.465 e. The number of nitrogens with one attached hydrogen (secondary N) is 1. The molecule has 1 aliphatic heterocycles. The summed E-state index contributed by atoms with van der Waals surface area (Å²) in [5.74, 6) is -1.24. The normalized spacial score (nSPS) is 21.3. The molecule has 0 spiro atoms. The molecule has 0 radical (unpaired) electrons. The molecule has 0 aromatic heterocycles. The second-order valence-electron chi connectivity index (χ2n) is 8.38. The molecule has 32 heavy (non-hydrogen) atoms. The number of fused-ring (bicyclic) bond motifs is 1. The number of hydrogen-bond acceptors (Lipinski definition) is 5. The Kier molecular flexibility index (Phi) is 6.47. The van der Waals surface area contributed by atoms with E-state index in [1.54, 1.807) is 13.1 Å². The Morgan fingerprint density at radius 2 is 1.91 bits per heavy atom. The Labute approximate surface area is 192 Å². The zero-order valence-corrected chi connectivity index (χ0v) is 19.6. The lowest BCUT2D eigenvalue weighted by atomic mass is 9.84. The summed E-state index contributed by atoms with van der Waals surface area (Å²) in [4.78, 5) is 12.0. The molecule has 2 aromatic rings. The molecule has 9 heteroatoms. The van der Waals surface area contributed by atoms with Crippen molar-refractivity contribution in [2.45, 2.75) is 43.0 Å². The van der Waals surface area contributed by atoms with Crippen LogP contribution in [0.4, 0.5) is 10.1 Å². The Balaban J connectivity index is 1.77. The van der Waals surface area contributed by atoms with Gasteiger partial charge in [0.25, 0.3) is 0 Å². The molecule has 6 nitrogen and oxygen atoms in total. The zero-order valence-electron chi connectivity index (χ0n) is 18.0. The summed E-state index contributed by atoms with van der Waals surface area (Å²) in [6.45, 7) is 0.506. The highest BCUT2D eigenvalue weighted by Gasteiger charge is 2.38. The van der Waals surface area contributed by atoms with Crippen molar-refractivity contribution in [2.24, 2.45) is 5.92 Å². The molecular weight excluding hydrogens is 455 g/mol. The molecule has 1 heterocycles. The maximum Gasteiger partial charge on any atom is 0.340 e. The van der Waals surface area contributed by atoms with Crippen LogP contribution in [0.25, 0.3) is 11.1 Å². The van der Waals surface area contributed by atoms with Gasteiger partial charge in [0.05, 0.1) is 23.4 Å². The van der Waals surface area contributed by atoms with Gasteiger partial charge in [-0.15, -0.1) is 0 Å². The largest absolute Gasteiger partial charge is 0.465 e. The standard InChI is InChI=1S/C23H26ClFN2O4S/c1-27-21(14-6-4-3-5-7-14)13-26-20-12-18(24)16(11-22(20)32(27,29)30)15-8-9-19(25)17(10-15)23(28)31-2/h8-12,14,21,26H,3-7,13H2,1-2H3/t21-/m0/s1. The van der Waals surface area contributed by atoms with Crippen molar-refractivity contribution in [1.29, 1.82) is 0 Å². The van der Waals surface area contributed by atoms with E-state index >= 15 is 0 Å². The Bertz CT molecular complexity index is 1150. The molecule has 1 N–H and O–H groups in total. The molecule has 1 fully saturated rings. The first kappa shape index (κ1) is 23.0. The average Bonchev–Trinajstić information content (AvgIpc) is 2.88. The van der Waals surface area contributed by atoms with Crippen LogP contribution in [0.3, 0.4) is 0 Å². The third-order valence-electron chi connectivity index (χ3n) is 6.57. The highest BCUT2D eigenvalue weighted by molar-refractivity contribution is 7.89. The second kappa shape index (κ2) is 9.00. The van der Waals surface area contributed by atoms with Gasteiger partial charge in [0, 0.05) is 25.2 Å². The molecule has 1 atom stereocenters. The quantitative estimate of drug-likeness (QED) is 0.630. The van der Waals surface area contributed by atoms with Gasteiger partial charge in [-0.2, -0.15) is 4.31 Å². The van der Waals surface area contributed by atoms with Gasteiger partial charge in [-0.3, -0.25) is 0 Å². The number of rotatable bonds is 3. The third-order valence-corrected chi connectivity index (χ3v) is 8.81. The molecule has 0 saturated heterocycles. The fourth-order valence-corrected chi connectivity index (χ4v) is 6.61. The van der Waals surface area contributed by atoms with Gasteiger partial charge in [0.15, 0.2) is 0 Å². The molecular formula is C23H26ClFN2O4S. The summed E-state index contributed by atoms with van der Waals surface area (Å²) in [6.07, 6.45) is 5.45. The van der Waals surface area contributed by atoms with Crippen LogP contribution < -0.4 is 5.32 Å². The van der Waals surface area contributed by atoms with Crippen molar-refractivity contribution in [3.63, 3.8) is 0 Å². The van der Waals surface area contributed by atoms with Crippen molar-refractivity contribution >= 4 is 33.3 Å². The number of esters is 1. The topological polar surface area (TPSA) is 75.7 Å². The smallest absolute Gasteiger partial charge is 0.340 e. The van der Waals surface area contributed by atoms with Crippen LogP contribution in [0.5, 0.6) is 0 Å². The van der Waals surface area contributed by atoms with Crippen LogP contribution in [0.2, 0.25) is 5.02 Å². The summed E-state index contributed by atoms with van der Waals surface area (Å²) in [7, 11) is -0.997. The van der Waals surface area contributed by atoms with Crippen molar-refractivity contribution in [3.05, 3.63) is 46.7 Å². The van der Waals surface area contributed by atoms with E-state index in [9.17, 15) is 17.6 Å². The molecule has 0 amide bonds. The third kappa shape index (κ3) is 4.11. The van der Waals surface area contributed by atoms with Crippen LogP contribution in [-0.4, -0.2) is 45.4 Å². The number of carbonyl (C=O) groups excluding carboxylic acids is 1. The number of nitrogens with zero attached hydrogens (tertiary/aromatic N) is 1. The first-order valence-electron chi connectivity index (χ1n) is 10.7. The van der Waals surface area contributed by atoms with Crippen LogP contribution in [-0.2, 0) is 14.8 Å². The van der Waals surface area contributed by atoms with Crippen molar-refractivity contribution in [3.8, 4) is 11.1 Å². The van der Waals surface area contributed by atoms with E-state index in [4.69, 9.17) is 11.6 Å². The molecule has 1 saturated carbocycles. The molecule has 0 bridgehead atoms. The van der Waals surface area contributed by atoms with Gasteiger partial charge in [-0.1, -0.05) is 36.9 Å². The summed E-state index contributed by atoms with van der Waals surface area (Å²) >= 11 is 6.51. The molecule has 0 unspecified atom stereocenters. The van der Waals surface area contributed by atoms with E-state index in [1.165, 1.54) is 36.0 Å². The number of methoxy groups -OCH3 is 1. The minimum atomic E-state index is -3.80. The molecule has 172 valence electrons. The maximum atomic E-state index is 14.1. The van der Waals surface area contributed by atoms with Crippen LogP contribution >= 0.6 is 11.6 Å². The lowest BCUT2D eigenvalue weighted by molar-refractivity contribution is 0.0595. The minimum absolute atomic E-state index is 0.113. The average molecular weight is 481 g/mol. The maximum absolute atomic E-state index is 14.1. The predicted octanol–water partition coefficient (Wildman–Crippen LogP) is 4.93. The van der Waals surface area contributed by atoms with Gasteiger partial charge < -0.3 is 10.1 Å². The van der Waals surface area contributed by atoms with Crippen LogP contribution in [0.15, 0.2) is 35.2 Å². The van der Waals surface area contributed by atoms with Gasteiger partial charge in [-0.25, -0.2) is 17.6 Å². The Morgan fingerprint density at radius 3 is 2.59 bits per heavy atom. The molecule has 1 aliphatic carbocycles. The molecule has 2 aliphatic rings. The van der Waals surface area contributed by atoms with E-state index in [2.05, 4.69) is 10.1 Å². The van der Waals surface area contributed by atoms with Crippen molar-refractivity contribution in [2.75, 3.05) is 26.0 Å². The van der Waals surface area contributed by atoms with Gasteiger partial charge in [0.2, 0.25) is 10.0 Å². The summed E-state index contributed by atoms with van der Waals surface area (Å²) in [5, 5.41) is 3.59. The number of halogens is 2. The van der Waals surface area contributed by atoms with E-state index in [1.807, 2.05) is 0 Å². The summed E-state index contributed by atoms with van der Waals surface area (Å²) in [6, 6.07) is 6.85. The highest BCUT2D eigenvalue weighted by Crippen LogP contribution is 2.40. The monoisotopic (exact) mass is 480 g/mol. The number of ether oxygens (including phenoxy) is 1. The van der Waals surface area contributed by atoms with Gasteiger partial charge in [0.1, 0.15) is 10.7 Å². The number of benzene rings is 2. The van der Waals surface area contributed by atoms with E-state index in [-0.39, 0.29) is 16.5 Å². The summed E-state index contributed by atoms with van der Waals surface area (Å²) < 4.78 is 47.3. The first-order chi connectivity index (χ1) is 15.2. The number of hydrogen-bond donors (Lipinski definition) is 1. The number of likely N-dealkylation sites (N-methyl/N-ethyl adjacent to an activating group) is 1. The zero-order chi connectivity index (χ0) is 23.0. The first-order valence-corrected chi connectivity index (χ1v) is 12.5. The van der Waals surface area contributed by atoms with Crippen molar-refractivity contribution in [1.82, 2.24) is 4.31 Å². The van der Waals surface area contributed by atoms with Crippen molar-refractivity contribution < 1.29 is 22.3 Å². The molecule has 4 rings (SSSR count). The van der Waals surface area contributed by atoms with Gasteiger partial charge in [-0.05, 0) is 48.6 Å². The SMILES string of the molecule is COC(=O)c1cc(-c2cc3c(cc2Cl)NC[C@@H](C2CCCCC2)N(C)S3(=O)=O)ccc1F. The highest BCUT2D eigenvalue weighted by atomic mass is 35.5. The Hall–Kier alpha value is -2.16. The van der Waals surface area contributed by atoms with Crippen LogP contribution in [0.1, 0.15) is 42.5 Å². The number of anilines is 1.